The molecule has 29 heavy (non-hydrogen) atoms. The average molecular weight is 444 g/mol. The van der Waals surface area contributed by atoms with Crippen LogP contribution in [0.25, 0.3) is 0 Å². The Hall–Kier alpha value is -1.62. The molecule has 0 spiro atoms. The van der Waals surface area contributed by atoms with E-state index in [4.69, 9.17) is 0 Å². The molecule has 4 nitrogen and oxygen atoms in total. The molecule has 0 saturated heterocycles. The van der Waals surface area contributed by atoms with Crippen molar-refractivity contribution in [2.24, 2.45) is 5.41 Å². The first-order valence-corrected chi connectivity index (χ1v) is 8.76. The lowest BCUT2D eigenvalue weighted by Crippen LogP contribution is -2.36. The normalized spacial score (nSPS) is 13.1. The fourth-order valence-electron chi connectivity index (χ4n) is 2.02. The summed E-state index contributed by atoms with van der Waals surface area (Å²) in [4.78, 5) is 23.0. The molecule has 0 aromatic carbocycles. The monoisotopic (exact) mass is 444 g/mol. The van der Waals surface area contributed by atoms with Gasteiger partial charge in [-0.25, -0.2) is 17.6 Å². The lowest BCUT2D eigenvalue weighted by Gasteiger charge is -2.24. The Morgan fingerprint density at radius 3 is 1.69 bits per heavy atom. The summed E-state index contributed by atoms with van der Waals surface area (Å²) in [6, 6.07) is 0. The van der Waals surface area contributed by atoms with Crippen molar-refractivity contribution >= 4 is 11.9 Å². The van der Waals surface area contributed by atoms with Crippen LogP contribution in [0.15, 0.2) is 0 Å². The maximum absolute atomic E-state index is 12.8. The van der Waals surface area contributed by atoms with E-state index in [1.165, 1.54) is 13.8 Å². The number of unbranched alkanes of at least 4 members (excludes halogenated alkanes) is 3. The zero-order valence-electron chi connectivity index (χ0n) is 16.0. The Labute approximate surface area is 162 Å². The molecule has 0 heterocycles. The molecular formula is C17H24F8O4. The van der Waals surface area contributed by atoms with Gasteiger partial charge in [-0.05, 0) is 26.7 Å². The third-order valence-electron chi connectivity index (χ3n) is 3.95. The average Bonchev–Trinajstić information content (AvgIpc) is 2.60. The molecule has 12 heteroatoms. The number of rotatable bonds is 14. The second-order valence-corrected chi connectivity index (χ2v) is 7.16. The van der Waals surface area contributed by atoms with Gasteiger partial charge in [-0.15, -0.1) is 0 Å². The van der Waals surface area contributed by atoms with Crippen molar-refractivity contribution in [3.8, 4) is 0 Å². The van der Waals surface area contributed by atoms with E-state index in [2.05, 4.69) is 9.47 Å². The smallest absolute Gasteiger partial charge is 0.340 e. The highest BCUT2D eigenvalue weighted by Gasteiger charge is 2.43. The van der Waals surface area contributed by atoms with Gasteiger partial charge < -0.3 is 9.47 Å². The third-order valence-corrected chi connectivity index (χ3v) is 3.95. The third kappa shape index (κ3) is 10.6. The predicted molar refractivity (Wildman–Crippen MR) is 85.3 cm³/mol. The van der Waals surface area contributed by atoms with Crippen molar-refractivity contribution in [1.82, 2.24) is 0 Å². The Balaban J connectivity index is 4.03. The number of halogens is 8. The maximum atomic E-state index is 12.8. The summed E-state index contributed by atoms with van der Waals surface area (Å²) in [5.74, 6) is -10.9. The van der Waals surface area contributed by atoms with E-state index in [-0.39, 0.29) is 19.3 Å². The summed E-state index contributed by atoms with van der Waals surface area (Å²) in [7, 11) is 0. The number of alkyl halides is 8. The molecule has 0 aliphatic rings. The Morgan fingerprint density at radius 2 is 1.21 bits per heavy atom. The highest BCUT2D eigenvalue weighted by atomic mass is 19.3. The zero-order valence-corrected chi connectivity index (χ0v) is 16.0. The van der Waals surface area contributed by atoms with Crippen LogP contribution in [-0.4, -0.2) is 49.8 Å². The quantitative estimate of drug-likeness (QED) is 0.209. The minimum absolute atomic E-state index is 0.192. The number of esters is 2. The number of ether oxygens (including phenoxy) is 2. The first-order valence-electron chi connectivity index (χ1n) is 8.76. The zero-order chi connectivity index (χ0) is 22.9. The largest absolute Gasteiger partial charge is 0.459 e. The van der Waals surface area contributed by atoms with Gasteiger partial charge in [0.2, 0.25) is 0 Å². The summed E-state index contributed by atoms with van der Waals surface area (Å²) in [5, 5.41) is 0. The van der Waals surface area contributed by atoms with Crippen LogP contribution in [0.5, 0.6) is 0 Å². The first kappa shape index (κ1) is 27.4. The summed E-state index contributed by atoms with van der Waals surface area (Å²) >= 11 is 0. The Morgan fingerprint density at radius 1 is 0.759 bits per heavy atom. The molecule has 0 aliphatic carbocycles. The van der Waals surface area contributed by atoms with Crippen molar-refractivity contribution in [1.29, 1.82) is 0 Å². The molecule has 0 amide bonds. The number of carbonyl (C=O) groups is 2. The molecule has 0 atom stereocenters. The van der Waals surface area contributed by atoms with Crippen LogP contribution < -0.4 is 0 Å². The van der Waals surface area contributed by atoms with Gasteiger partial charge in [0.05, 0.1) is 5.41 Å². The molecule has 0 bridgehead atoms. The molecule has 0 aromatic heterocycles. The van der Waals surface area contributed by atoms with E-state index in [1.807, 2.05) is 0 Å². The minimum Gasteiger partial charge on any atom is -0.459 e. The number of carbonyl (C=O) groups excluding carboxylic acids is 2. The fraction of sp³-hybridized carbons (Fsp3) is 0.882. The van der Waals surface area contributed by atoms with Crippen LogP contribution in [0.2, 0.25) is 0 Å². The van der Waals surface area contributed by atoms with Gasteiger partial charge in [0, 0.05) is 6.42 Å². The molecular weight excluding hydrogens is 420 g/mol. The van der Waals surface area contributed by atoms with E-state index in [0.29, 0.717) is 19.3 Å². The summed E-state index contributed by atoms with van der Waals surface area (Å²) in [5.41, 5.74) is -1.20. The Kier molecular flexibility index (Phi) is 10.9. The molecule has 0 aromatic rings. The molecule has 0 radical (unpaired) electrons. The second-order valence-electron chi connectivity index (χ2n) is 7.16. The standard InChI is InChI=1S/C17H24F8O4/c1-15(2,14(27)29-10-17(24,25)13(20)21)8-6-4-3-5-7-11(26)28-9-16(22,23)12(18)19/h12-13H,3-10H2,1-2H3. The van der Waals surface area contributed by atoms with Gasteiger partial charge >= 0.3 is 36.6 Å². The second kappa shape index (κ2) is 11.5. The first-order chi connectivity index (χ1) is 13.1. The molecule has 0 rings (SSSR count). The minimum atomic E-state index is -4.43. The van der Waals surface area contributed by atoms with Gasteiger partial charge in [0.1, 0.15) is 0 Å². The molecule has 0 unspecified atom stereocenters. The van der Waals surface area contributed by atoms with Gasteiger partial charge in [-0.1, -0.05) is 19.3 Å². The molecule has 0 aliphatic heterocycles. The Bertz CT molecular complexity index is 524. The van der Waals surface area contributed by atoms with Crippen molar-refractivity contribution in [3.05, 3.63) is 0 Å². The summed E-state index contributed by atoms with van der Waals surface area (Å²) < 4.78 is 107. The van der Waals surface area contributed by atoms with Crippen molar-refractivity contribution in [2.75, 3.05) is 13.2 Å². The van der Waals surface area contributed by atoms with Crippen molar-refractivity contribution in [3.63, 3.8) is 0 Å². The SMILES string of the molecule is CC(C)(CCCCCCC(=O)OCC(F)(F)C(F)F)C(=O)OCC(F)(F)C(F)F. The van der Waals surface area contributed by atoms with Crippen LogP contribution >= 0.6 is 0 Å². The number of hydrogen-bond donors (Lipinski definition) is 0. The molecule has 0 fully saturated rings. The molecule has 0 N–H and O–H groups in total. The lowest BCUT2D eigenvalue weighted by atomic mass is 9.87. The highest BCUT2D eigenvalue weighted by Crippen LogP contribution is 2.29. The lowest BCUT2D eigenvalue weighted by molar-refractivity contribution is -0.186. The van der Waals surface area contributed by atoms with Crippen LogP contribution in [-0.2, 0) is 19.1 Å². The van der Waals surface area contributed by atoms with Crippen LogP contribution in [0.4, 0.5) is 35.1 Å². The molecule has 0 saturated carbocycles. The fourth-order valence-corrected chi connectivity index (χ4v) is 2.02. The van der Waals surface area contributed by atoms with E-state index >= 15 is 0 Å². The van der Waals surface area contributed by atoms with Gasteiger partial charge in [-0.3, -0.25) is 9.59 Å². The van der Waals surface area contributed by atoms with Crippen LogP contribution in [0.1, 0.15) is 52.4 Å². The number of hydrogen-bond acceptors (Lipinski definition) is 4. The van der Waals surface area contributed by atoms with E-state index in [9.17, 15) is 44.7 Å². The molecule has 172 valence electrons. The van der Waals surface area contributed by atoms with Crippen molar-refractivity contribution in [2.45, 2.75) is 77.1 Å². The highest BCUT2D eigenvalue weighted by molar-refractivity contribution is 5.75. The summed E-state index contributed by atoms with van der Waals surface area (Å²) in [6.45, 7) is -0.628. The van der Waals surface area contributed by atoms with Gasteiger partial charge in [-0.2, -0.15) is 17.6 Å². The van der Waals surface area contributed by atoms with E-state index < -0.39 is 55.3 Å². The van der Waals surface area contributed by atoms with E-state index in [0.717, 1.165) is 0 Å². The van der Waals surface area contributed by atoms with Crippen LogP contribution in [0.3, 0.4) is 0 Å². The maximum Gasteiger partial charge on any atom is 0.340 e. The van der Waals surface area contributed by atoms with Gasteiger partial charge in [0.25, 0.3) is 0 Å². The van der Waals surface area contributed by atoms with E-state index in [1.54, 1.807) is 0 Å². The topological polar surface area (TPSA) is 52.6 Å². The summed E-state index contributed by atoms with van der Waals surface area (Å²) in [6.07, 6.45) is -6.42. The van der Waals surface area contributed by atoms with Crippen molar-refractivity contribution < 1.29 is 54.2 Å². The van der Waals surface area contributed by atoms with Gasteiger partial charge in [0.15, 0.2) is 13.2 Å². The van der Waals surface area contributed by atoms with Crippen LogP contribution in [0, 0.1) is 5.41 Å². The predicted octanol–water partition coefficient (Wildman–Crippen LogP) is 5.24.